The molecule has 0 radical (unpaired) electrons. The average Bonchev–Trinajstić information content (AvgIpc) is 2.75. The van der Waals surface area contributed by atoms with Gasteiger partial charge in [0.25, 0.3) is 5.91 Å². The second-order valence-electron chi connectivity index (χ2n) is 5.60. The summed E-state index contributed by atoms with van der Waals surface area (Å²) in [6, 6.07) is 5.16. The molecule has 112 valence electrons. The minimum Gasteiger partial charge on any atom is -0.453 e. The van der Waals surface area contributed by atoms with Crippen LogP contribution in [0.1, 0.15) is 31.1 Å². The predicted octanol–water partition coefficient (Wildman–Crippen LogP) is 2.07. The maximum absolute atomic E-state index is 11.5. The van der Waals surface area contributed by atoms with Gasteiger partial charge in [0.05, 0.1) is 18.2 Å². The Morgan fingerprint density at radius 2 is 2.00 bits per heavy atom. The van der Waals surface area contributed by atoms with Crippen molar-refractivity contribution in [1.82, 2.24) is 9.55 Å². The lowest BCUT2D eigenvalue weighted by molar-refractivity contribution is 0.100. The number of nitrogens with two attached hydrogens (primary N) is 1. The van der Waals surface area contributed by atoms with E-state index in [0.717, 1.165) is 0 Å². The van der Waals surface area contributed by atoms with Crippen LogP contribution < -0.4 is 11.1 Å². The van der Waals surface area contributed by atoms with E-state index in [-0.39, 0.29) is 5.54 Å². The summed E-state index contributed by atoms with van der Waals surface area (Å²) in [5, 5.41) is 2.56. The molecule has 0 saturated heterocycles. The number of rotatable bonds is 2. The van der Waals surface area contributed by atoms with Crippen molar-refractivity contribution in [3.63, 3.8) is 0 Å². The normalized spacial score (nSPS) is 11.4. The van der Waals surface area contributed by atoms with Crippen molar-refractivity contribution in [2.24, 2.45) is 5.73 Å². The number of amides is 2. The first-order valence-electron chi connectivity index (χ1n) is 6.42. The van der Waals surface area contributed by atoms with Crippen molar-refractivity contribution in [1.29, 1.82) is 0 Å². The van der Waals surface area contributed by atoms with Crippen molar-refractivity contribution in [3.8, 4) is 0 Å². The average molecular weight is 290 g/mol. The van der Waals surface area contributed by atoms with Crippen LogP contribution in [0.5, 0.6) is 0 Å². The van der Waals surface area contributed by atoms with Crippen molar-refractivity contribution >= 4 is 29.0 Å². The van der Waals surface area contributed by atoms with Gasteiger partial charge in [-0.25, -0.2) is 9.78 Å². The quantitative estimate of drug-likeness (QED) is 0.884. The zero-order chi connectivity index (χ0) is 15.8. The fraction of sp³-hybridized carbons (Fsp3) is 0.357. The van der Waals surface area contributed by atoms with Gasteiger partial charge in [-0.2, -0.15) is 0 Å². The summed E-state index contributed by atoms with van der Waals surface area (Å²) in [6.07, 6.45) is -0.628. The van der Waals surface area contributed by atoms with Gasteiger partial charge in [0.2, 0.25) is 5.95 Å². The maximum Gasteiger partial charge on any atom is 0.413 e. The number of para-hydroxylation sites is 1. The fourth-order valence-electron chi connectivity index (χ4n) is 2.20. The molecule has 0 unspecified atom stereocenters. The number of methoxy groups -OCH3 is 1. The molecule has 0 atom stereocenters. The number of fused-ring (bicyclic) bond motifs is 1. The summed E-state index contributed by atoms with van der Waals surface area (Å²) in [5.41, 5.74) is 6.49. The molecule has 1 aromatic carbocycles. The van der Waals surface area contributed by atoms with E-state index >= 15 is 0 Å². The van der Waals surface area contributed by atoms with Gasteiger partial charge in [0.15, 0.2) is 0 Å². The lowest BCUT2D eigenvalue weighted by Gasteiger charge is -2.24. The molecule has 0 aliphatic rings. The molecule has 1 aromatic heterocycles. The van der Waals surface area contributed by atoms with Gasteiger partial charge in [0.1, 0.15) is 5.52 Å². The van der Waals surface area contributed by atoms with Crippen molar-refractivity contribution in [2.45, 2.75) is 26.3 Å². The number of hydrogen-bond donors (Lipinski definition) is 2. The number of hydrogen-bond acceptors (Lipinski definition) is 4. The minimum atomic E-state index is -0.628. The molecular formula is C14H18N4O3. The van der Waals surface area contributed by atoms with E-state index in [1.54, 1.807) is 12.1 Å². The highest BCUT2D eigenvalue weighted by atomic mass is 16.5. The van der Waals surface area contributed by atoms with Crippen LogP contribution >= 0.6 is 0 Å². The van der Waals surface area contributed by atoms with Crippen molar-refractivity contribution in [3.05, 3.63) is 23.8 Å². The standard InChI is InChI=1S/C14H18N4O3/c1-14(2,3)18-9-7-5-6-8(11(15)19)10(9)16-12(18)17-13(20)21-4/h5-7H,1-4H3,(H2,15,19)(H,16,17,20). The molecule has 2 rings (SSSR count). The third-order valence-electron chi connectivity index (χ3n) is 3.02. The largest absolute Gasteiger partial charge is 0.453 e. The zero-order valence-corrected chi connectivity index (χ0v) is 12.4. The minimum absolute atomic E-state index is 0.304. The summed E-state index contributed by atoms with van der Waals surface area (Å²) in [5.74, 6) is -0.262. The van der Waals surface area contributed by atoms with Crippen LogP contribution in [0.15, 0.2) is 18.2 Å². The molecule has 0 spiro atoms. The Hall–Kier alpha value is -2.57. The molecule has 0 aliphatic heterocycles. The van der Waals surface area contributed by atoms with E-state index in [1.165, 1.54) is 7.11 Å². The van der Waals surface area contributed by atoms with Crippen LogP contribution in [-0.4, -0.2) is 28.7 Å². The molecule has 2 amide bonds. The summed E-state index contributed by atoms with van der Waals surface area (Å²) in [7, 11) is 1.27. The monoisotopic (exact) mass is 290 g/mol. The third kappa shape index (κ3) is 2.67. The first-order valence-corrected chi connectivity index (χ1v) is 6.42. The molecule has 0 saturated carbocycles. The summed E-state index contributed by atoms with van der Waals surface area (Å²) in [4.78, 5) is 27.3. The van der Waals surface area contributed by atoms with Crippen LogP contribution in [-0.2, 0) is 10.3 Å². The molecular weight excluding hydrogens is 272 g/mol. The lowest BCUT2D eigenvalue weighted by Crippen LogP contribution is -2.25. The first-order chi connectivity index (χ1) is 9.75. The highest BCUT2D eigenvalue weighted by molar-refractivity contribution is 6.05. The number of aromatic nitrogens is 2. The van der Waals surface area contributed by atoms with Crippen LogP contribution in [0, 0.1) is 0 Å². The van der Waals surface area contributed by atoms with Crippen LogP contribution in [0.25, 0.3) is 11.0 Å². The topological polar surface area (TPSA) is 99.2 Å². The number of primary amides is 1. The molecule has 2 aromatic rings. The predicted molar refractivity (Wildman–Crippen MR) is 79.3 cm³/mol. The number of nitrogens with zero attached hydrogens (tertiary/aromatic N) is 2. The van der Waals surface area contributed by atoms with Gasteiger partial charge in [-0.05, 0) is 32.9 Å². The Morgan fingerprint density at radius 1 is 1.33 bits per heavy atom. The van der Waals surface area contributed by atoms with Gasteiger partial charge >= 0.3 is 6.09 Å². The molecule has 0 bridgehead atoms. The fourth-order valence-corrected chi connectivity index (χ4v) is 2.20. The first kappa shape index (κ1) is 14.8. The number of benzene rings is 1. The highest BCUT2D eigenvalue weighted by Gasteiger charge is 2.24. The number of ether oxygens (including phenoxy) is 1. The number of carbonyl (C=O) groups excluding carboxylic acids is 2. The number of imidazole rings is 1. The Kier molecular flexibility index (Phi) is 3.59. The Balaban J connectivity index is 2.75. The smallest absolute Gasteiger partial charge is 0.413 e. The van der Waals surface area contributed by atoms with Crippen LogP contribution in [0.2, 0.25) is 0 Å². The van der Waals surface area contributed by atoms with Gasteiger partial charge in [-0.1, -0.05) is 6.07 Å². The summed E-state index contributed by atoms with van der Waals surface area (Å²) in [6.45, 7) is 5.90. The van der Waals surface area contributed by atoms with Gasteiger partial charge < -0.3 is 15.0 Å². The van der Waals surface area contributed by atoms with E-state index in [1.807, 2.05) is 31.4 Å². The van der Waals surface area contributed by atoms with E-state index in [4.69, 9.17) is 5.73 Å². The number of carbonyl (C=O) groups is 2. The van der Waals surface area contributed by atoms with Gasteiger partial charge in [-0.15, -0.1) is 0 Å². The van der Waals surface area contributed by atoms with Gasteiger partial charge in [0, 0.05) is 5.54 Å². The van der Waals surface area contributed by atoms with Crippen molar-refractivity contribution < 1.29 is 14.3 Å². The lowest BCUT2D eigenvalue weighted by atomic mass is 10.1. The number of nitrogens with one attached hydrogen (secondary N) is 1. The summed E-state index contributed by atoms with van der Waals surface area (Å²) < 4.78 is 6.43. The second kappa shape index (κ2) is 5.08. The molecule has 7 nitrogen and oxygen atoms in total. The molecule has 0 fully saturated rings. The molecule has 3 N–H and O–H groups in total. The third-order valence-corrected chi connectivity index (χ3v) is 3.02. The van der Waals surface area contributed by atoms with Gasteiger partial charge in [-0.3, -0.25) is 10.1 Å². The second-order valence-corrected chi connectivity index (χ2v) is 5.60. The molecule has 1 heterocycles. The van der Waals surface area contributed by atoms with E-state index < -0.39 is 12.0 Å². The van der Waals surface area contributed by atoms with E-state index in [2.05, 4.69) is 15.0 Å². The Bertz CT molecular complexity index is 713. The number of anilines is 1. The van der Waals surface area contributed by atoms with Crippen LogP contribution in [0.3, 0.4) is 0 Å². The SMILES string of the molecule is COC(=O)Nc1nc2c(C(N)=O)cccc2n1C(C)(C)C. The zero-order valence-electron chi connectivity index (χ0n) is 12.4. The van der Waals surface area contributed by atoms with E-state index in [9.17, 15) is 9.59 Å². The Labute approximate surface area is 122 Å². The molecule has 21 heavy (non-hydrogen) atoms. The molecule has 7 heteroatoms. The van der Waals surface area contributed by atoms with E-state index in [0.29, 0.717) is 22.5 Å². The van der Waals surface area contributed by atoms with Crippen molar-refractivity contribution in [2.75, 3.05) is 12.4 Å². The van der Waals surface area contributed by atoms with Crippen LogP contribution in [0.4, 0.5) is 10.7 Å². The Morgan fingerprint density at radius 3 is 2.52 bits per heavy atom. The summed E-state index contributed by atoms with van der Waals surface area (Å²) >= 11 is 0. The molecule has 0 aliphatic carbocycles. The maximum atomic E-state index is 11.5. The highest BCUT2D eigenvalue weighted by Crippen LogP contribution is 2.29.